The van der Waals surface area contributed by atoms with Crippen LogP contribution in [-0.4, -0.2) is 15.6 Å². The largest absolute Gasteiger partial charge is 0.506 e. The van der Waals surface area contributed by atoms with Crippen LogP contribution >= 0.6 is 0 Å². The average Bonchev–Trinajstić information content (AvgIpc) is 2.66. The predicted molar refractivity (Wildman–Crippen MR) is 109 cm³/mol. The summed E-state index contributed by atoms with van der Waals surface area (Å²) in [6.07, 6.45) is 2.86. The molecule has 0 fully saturated rings. The van der Waals surface area contributed by atoms with Crippen LogP contribution in [0.25, 0.3) is 10.9 Å². The lowest BCUT2D eigenvalue weighted by atomic mass is 10.1. The molecule has 0 atom stereocenters. The van der Waals surface area contributed by atoms with Gasteiger partial charge in [-0.2, -0.15) is 0 Å². The first-order chi connectivity index (χ1) is 13.0. The second-order valence-electron chi connectivity index (χ2n) is 6.72. The maximum Gasteiger partial charge on any atom is 0.267 e. The van der Waals surface area contributed by atoms with E-state index in [1.165, 1.54) is 0 Å². The van der Waals surface area contributed by atoms with Crippen molar-refractivity contribution in [2.24, 2.45) is 0 Å². The minimum Gasteiger partial charge on any atom is -0.506 e. The number of fused-ring (bicyclic) bond motifs is 1. The van der Waals surface area contributed by atoms with Gasteiger partial charge in [0, 0.05) is 17.6 Å². The maximum atomic E-state index is 13.0. The van der Waals surface area contributed by atoms with Gasteiger partial charge in [0.05, 0.1) is 5.52 Å². The standard InChI is InChI=1S/C22H24N2O3/c1-3-4-7-14-24-18-9-6-5-8-17(18)20(25)19(22(24)27)21(26)23-16-12-10-15(2)11-13-16/h5-6,8-13,25H,3-4,7,14H2,1-2H3,(H,23,26). The number of hydrogen-bond donors (Lipinski definition) is 2. The van der Waals surface area contributed by atoms with E-state index in [2.05, 4.69) is 12.2 Å². The van der Waals surface area contributed by atoms with Crippen LogP contribution in [0.15, 0.2) is 53.3 Å². The number of hydrogen-bond acceptors (Lipinski definition) is 3. The quantitative estimate of drug-likeness (QED) is 0.635. The summed E-state index contributed by atoms with van der Waals surface area (Å²) in [6, 6.07) is 14.4. The lowest BCUT2D eigenvalue weighted by Crippen LogP contribution is -2.30. The monoisotopic (exact) mass is 364 g/mol. The highest BCUT2D eigenvalue weighted by atomic mass is 16.3. The fourth-order valence-corrected chi connectivity index (χ4v) is 3.17. The van der Waals surface area contributed by atoms with Crippen molar-refractivity contribution < 1.29 is 9.90 Å². The van der Waals surface area contributed by atoms with Crippen LogP contribution in [0.2, 0.25) is 0 Å². The molecule has 0 saturated carbocycles. The fourth-order valence-electron chi connectivity index (χ4n) is 3.17. The smallest absolute Gasteiger partial charge is 0.267 e. The summed E-state index contributed by atoms with van der Waals surface area (Å²) < 4.78 is 1.59. The number of para-hydroxylation sites is 1. The third-order valence-electron chi connectivity index (χ3n) is 4.67. The molecule has 0 aliphatic carbocycles. The van der Waals surface area contributed by atoms with Gasteiger partial charge in [-0.1, -0.05) is 49.6 Å². The molecule has 5 heteroatoms. The van der Waals surface area contributed by atoms with Crippen LogP contribution in [0.1, 0.15) is 42.1 Å². The molecule has 0 aliphatic heterocycles. The molecule has 2 N–H and O–H groups in total. The number of nitrogens with one attached hydrogen (secondary N) is 1. The number of carbonyl (C=O) groups excluding carboxylic acids is 1. The van der Waals surface area contributed by atoms with Crippen molar-refractivity contribution in [1.29, 1.82) is 0 Å². The van der Waals surface area contributed by atoms with Crippen LogP contribution in [-0.2, 0) is 6.54 Å². The van der Waals surface area contributed by atoms with Crippen LogP contribution in [0.4, 0.5) is 5.69 Å². The summed E-state index contributed by atoms with van der Waals surface area (Å²) in [5, 5.41) is 13.9. The molecule has 1 aromatic heterocycles. The lowest BCUT2D eigenvalue weighted by Gasteiger charge is -2.15. The van der Waals surface area contributed by atoms with Crippen molar-refractivity contribution in [1.82, 2.24) is 4.57 Å². The van der Waals surface area contributed by atoms with Crippen LogP contribution in [0, 0.1) is 6.92 Å². The molecule has 0 unspecified atom stereocenters. The van der Waals surface area contributed by atoms with E-state index in [1.54, 1.807) is 34.9 Å². The SMILES string of the molecule is CCCCCn1c(=O)c(C(=O)Nc2ccc(C)cc2)c(O)c2ccccc21. The van der Waals surface area contributed by atoms with Crippen molar-refractivity contribution in [2.45, 2.75) is 39.7 Å². The minimum atomic E-state index is -0.601. The number of rotatable bonds is 6. The van der Waals surface area contributed by atoms with Crippen LogP contribution in [0.5, 0.6) is 5.75 Å². The van der Waals surface area contributed by atoms with Crippen molar-refractivity contribution in [3.8, 4) is 5.75 Å². The molecule has 0 aliphatic rings. The summed E-state index contributed by atoms with van der Waals surface area (Å²) in [6.45, 7) is 4.56. The Morgan fingerprint density at radius 3 is 2.48 bits per heavy atom. The number of anilines is 1. The first kappa shape index (κ1) is 18.7. The first-order valence-electron chi connectivity index (χ1n) is 9.25. The predicted octanol–water partition coefficient (Wildman–Crippen LogP) is 4.46. The van der Waals surface area contributed by atoms with Crippen molar-refractivity contribution in [2.75, 3.05) is 5.32 Å². The Bertz CT molecular complexity index is 1020. The first-order valence-corrected chi connectivity index (χ1v) is 9.25. The normalized spacial score (nSPS) is 10.9. The van der Waals surface area contributed by atoms with Gasteiger partial charge in [0.1, 0.15) is 11.3 Å². The molecule has 0 radical (unpaired) electrons. The number of pyridine rings is 1. The molecule has 0 spiro atoms. The van der Waals surface area contributed by atoms with Crippen molar-refractivity contribution >= 4 is 22.5 Å². The van der Waals surface area contributed by atoms with Gasteiger partial charge < -0.3 is 15.0 Å². The molecular formula is C22H24N2O3. The number of nitrogens with zero attached hydrogens (tertiary/aromatic N) is 1. The molecule has 5 nitrogen and oxygen atoms in total. The molecule has 140 valence electrons. The van der Waals surface area contributed by atoms with Crippen molar-refractivity contribution in [3.63, 3.8) is 0 Å². The summed E-state index contributed by atoms with van der Waals surface area (Å²) in [7, 11) is 0. The highest BCUT2D eigenvalue weighted by Crippen LogP contribution is 2.27. The van der Waals surface area contributed by atoms with E-state index in [0.29, 0.717) is 23.1 Å². The second kappa shape index (κ2) is 8.08. The second-order valence-corrected chi connectivity index (χ2v) is 6.72. The Morgan fingerprint density at radius 2 is 1.78 bits per heavy atom. The lowest BCUT2D eigenvalue weighted by molar-refractivity contribution is 0.102. The number of amides is 1. The molecule has 27 heavy (non-hydrogen) atoms. The fraction of sp³-hybridized carbons (Fsp3) is 0.273. The number of unbranched alkanes of at least 4 members (excludes halogenated alkanes) is 2. The van der Waals surface area contributed by atoms with Gasteiger partial charge in [-0.3, -0.25) is 9.59 Å². The molecule has 1 heterocycles. The number of carbonyl (C=O) groups is 1. The van der Waals surface area contributed by atoms with Gasteiger partial charge in [-0.05, 0) is 37.6 Å². The molecule has 2 aromatic carbocycles. The van der Waals surface area contributed by atoms with E-state index in [4.69, 9.17) is 0 Å². The molecule has 0 bridgehead atoms. The summed E-state index contributed by atoms with van der Waals surface area (Å²) in [5.41, 5.74) is 1.61. The summed E-state index contributed by atoms with van der Waals surface area (Å²) >= 11 is 0. The number of aromatic nitrogens is 1. The third-order valence-corrected chi connectivity index (χ3v) is 4.67. The van der Waals surface area contributed by atoms with E-state index < -0.39 is 11.5 Å². The zero-order valence-electron chi connectivity index (χ0n) is 15.7. The van der Waals surface area contributed by atoms with Gasteiger partial charge >= 0.3 is 0 Å². The van der Waals surface area contributed by atoms with E-state index in [-0.39, 0.29) is 11.3 Å². The Balaban J connectivity index is 2.07. The summed E-state index contributed by atoms with van der Waals surface area (Å²) in [4.78, 5) is 25.8. The molecular weight excluding hydrogens is 340 g/mol. The molecule has 1 amide bonds. The maximum absolute atomic E-state index is 13.0. The Kier molecular flexibility index (Phi) is 5.60. The van der Waals surface area contributed by atoms with E-state index >= 15 is 0 Å². The van der Waals surface area contributed by atoms with E-state index in [1.807, 2.05) is 25.1 Å². The molecule has 3 rings (SSSR count). The summed E-state index contributed by atoms with van der Waals surface area (Å²) in [5.74, 6) is -0.872. The van der Waals surface area contributed by atoms with Gasteiger partial charge in [0.25, 0.3) is 11.5 Å². The molecule has 3 aromatic rings. The van der Waals surface area contributed by atoms with Gasteiger partial charge in [0.15, 0.2) is 0 Å². The average molecular weight is 364 g/mol. The number of aromatic hydroxyl groups is 1. The van der Waals surface area contributed by atoms with Crippen LogP contribution in [0.3, 0.4) is 0 Å². The Morgan fingerprint density at radius 1 is 1.07 bits per heavy atom. The zero-order valence-corrected chi connectivity index (χ0v) is 15.7. The minimum absolute atomic E-state index is 0.217. The highest BCUT2D eigenvalue weighted by Gasteiger charge is 2.22. The molecule has 0 saturated heterocycles. The van der Waals surface area contributed by atoms with Crippen LogP contribution < -0.4 is 10.9 Å². The van der Waals surface area contributed by atoms with Gasteiger partial charge in [-0.25, -0.2) is 0 Å². The van der Waals surface area contributed by atoms with E-state index in [9.17, 15) is 14.7 Å². The Hall–Kier alpha value is -3.08. The third kappa shape index (κ3) is 3.87. The zero-order chi connectivity index (χ0) is 19.4. The Labute approximate surface area is 158 Å². The van der Waals surface area contributed by atoms with Crippen molar-refractivity contribution in [3.05, 3.63) is 70.0 Å². The highest BCUT2D eigenvalue weighted by molar-refractivity contribution is 6.09. The van der Waals surface area contributed by atoms with Gasteiger partial charge in [0.2, 0.25) is 0 Å². The van der Waals surface area contributed by atoms with E-state index in [0.717, 1.165) is 24.8 Å². The number of aryl methyl sites for hydroxylation is 2. The topological polar surface area (TPSA) is 71.3 Å². The number of benzene rings is 2. The van der Waals surface area contributed by atoms with Gasteiger partial charge in [-0.15, -0.1) is 0 Å².